The van der Waals surface area contributed by atoms with E-state index in [0.29, 0.717) is 5.56 Å². The Balaban J connectivity index is 1.64. The number of hydrogen-bond donors (Lipinski definition) is 1. The van der Waals surface area contributed by atoms with E-state index in [4.69, 9.17) is 0 Å². The smallest absolute Gasteiger partial charge is 0.256 e. The van der Waals surface area contributed by atoms with Gasteiger partial charge in [-0.25, -0.2) is 4.98 Å². The number of thioether (sulfide) groups is 1. The summed E-state index contributed by atoms with van der Waals surface area (Å²) in [4.78, 5) is 17.3. The summed E-state index contributed by atoms with van der Waals surface area (Å²) in [6.07, 6.45) is 0. The highest BCUT2D eigenvalue weighted by Crippen LogP contribution is 2.31. The second-order valence-corrected chi connectivity index (χ2v) is 8.12. The highest BCUT2D eigenvalue weighted by molar-refractivity contribution is 8.01. The summed E-state index contributed by atoms with van der Waals surface area (Å²) < 4.78 is 2.15. The van der Waals surface area contributed by atoms with Gasteiger partial charge in [0.2, 0.25) is 0 Å². The van der Waals surface area contributed by atoms with Gasteiger partial charge < -0.3 is 5.32 Å². The maximum absolute atomic E-state index is 12.7. The van der Waals surface area contributed by atoms with Crippen LogP contribution < -0.4 is 5.32 Å². The summed E-state index contributed by atoms with van der Waals surface area (Å²) in [5.74, 6) is 0.911. The average molecular weight is 364 g/mol. The first-order valence-corrected chi connectivity index (χ1v) is 9.87. The molecule has 0 aliphatic carbocycles. The number of anilines is 1. The Labute approximate surface area is 154 Å². The van der Waals surface area contributed by atoms with Crippen molar-refractivity contribution in [3.05, 3.63) is 66.2 Å². The van der Waals surface area contributed by atoms with Crippen LogP contribution in [0.4, 0.5) is 5.69 Å². The van der Waals surface area contributed by atoms with E-state index in [0.717, 1.165) is 36.8 Å². The Morgan fingerprint density at radius 1 is 1.12 bits per heavy atom. The number of rotatable bonds is 4. The molecule has 0 saturated heterocycles. The van der Waals surface area contributed by atoms with Crippen LogP contribution in [0.3, 0.4) is 0 Å². The van der Waals surface area contributed by atoms with Crippen molar-refractivity contribution < 1.29 is 4.79 Å². The second-order valence-electron chi connectivity index (χ2n) is 5.58. The van der Waals surface area contributed by atoms with Gasteiger partial charge in [-0.15, -0.1) is 11.3 Å². The zero-order valence-electron chi connectivity index (χ0n) is 13.7. The predicted molar refractivity (Wildman–Crippen MR) is 108 cm³/mol. The van der Waals surface area contributed by atoms with Gasteiger partial charge >= 0.3 is 0 Å². The van der Waals surface area contributed by atoms with Gasteiger partial charge in [-0.3, -0.25) is 4.79 Å². The molecular formula is C20H16N2OS2. The molecule has 0 spiro atoms. The highest BCUT2D eigenvalue weighted by Gasteiger charge is 2.11. The summed E-state index contributed by atoms with van der Waals surface area (Å²) in [6, 6.07) is 19.6. The first-order valence-electron chi connectivity index (χ1n) is 8.07. The zero-order chi connectivity index (χ0) is 17.2. The Hall–Kier alpha value is -2.37. The van der Waals surface area contributed by atoms with Gasteiger partial charge in [0.25, 0.3) is 5.91 Å². The number of nitrogens with one attached hydrogen (secondary N) is 1. The van der Waals surface area contributed by atoms with Crippen LogP contribution in [-0.4, -0.2) is 16.6 Å². The topological polar surface area (TPSA) is 42.0 Å². The van der Waals surface area contributed by atoms with Gasteiger partial charge in [-0.05, 0) is 40.8 Å². The fourth-order valence-electron chi connectivity index (χ4n) is 2.79. The van der Waals surface area contributed by atoms with Crippen LogP contribution in [0.25, 0.3) is 21.0 Å². The lowest BCUT2D eigenvalue weighted by molar-refractivity contribution is 0.102. The Kier molecular flexibility index (Phi) is 4.42. The van der Waals surface area contributed by atoms with Crippen molar-refractivity contribution in [3.8, 4) is 0 Å². The predicted octanol–water partition coefficient (Wildman–Crippen LogP) is 5.81. The number of benzene rings is 3. The number of thiazole rings is 1. The van der Waals surface area contributed by atoms with Crippen LogP contribution in [0.1, 0.15) is 17.3 Å². The van der Waals surface area contributed by atoms with Crippen LogP contribution >= 0.6 is 23.1 Å². The van der Waals surface area contributed by atoms with Gasteiger partial charge in [0.05, 0.1) is 10.2 Å². The molecule has 1 aromatic heterocycles. The number of hydrogen-bond acceptors (Lipinski definition) is 4. The number of nitrogens with zero attached hydrogens (tertiary/aromatic N) is 1. The van der Waals surface area contributed by atoms with Crippen molar-refractivity contribution in [2.75, 3.05) is 11.1 Å². The van der Waals surface area contributed by atoms with Gasteiger partial charge in [0.1, 0.15) is 0 Å². The fourth-order valence-corrected chi connectivity index (χ4v) is 4.79. The molecule has 0 bridgehead atoms. The van der Waals surface area contributed by atoms with Crippen LogP contribution in [-0.2, 0) is 0 Å². The van der Waals surface area contributed by atoms with Crippen molar-refractivity contribution >= 4 is 55.7 Å². The molecule has 1 amide bonds. The standard InChI is InChI=1S/C20H16N2OS2/c1-2-24-20-22-17-11-10-14(12-18(17)25-20)21-19(23)16-9-5-7-13-6-3-4-8-15(13)16/h3-12H,2H2,1H3,(H,21,23). The van der Waals surface area contributed by atoms with E-state index >= 15 is 0 Å². The average Bonchev–Trinajstić information content (AvgIpc) is 3.03. The number of carbonyl (C=O) groups excluding carboxylic acids is 1. The Bertz CT molecular complexity index is 1070. The van der Waals surface area contributed by atoms with Crippen LogP contribution in [0.15, 0.2) is 65.0 Å². The molecule has 0 aliphatic rings. The van der Waals surface area contributed by atoms with E-state index in [2.05, 4.69) is 17.2 Å². The van der Waals surface area contributed by atoms with Gasteiger partial charge in [0.15, 0.2) is 4.34 Å². The van der Waals surface area contributed by atoms with Gasteiger partial charge in [-0.2, -0.15) is 0 Å². The van der Waals surface area contributed by atoms with E-state index in [1.807, 2.05) is 60.7 Å². The van der Waals surface area contributed by atoms with Crippen molar-refractivity contribution in [2.45, 2.75) is 11.3 Å². The minimum absolute atomic E-state index is 0.0937. The molecule has 5 heteroatoms. The third kappa shape index (κ3) is 3.25. The minimum Gasteiger partial charge on any atom is -0.322 e. The number of fused-ring (bicyclic) bond motifs is 2. The third-order valence-electron chi connectivity index (χ3n) is 3.93. The summed E-state index contributed by atoms with van der Waals surface area (Å²) in [5, 5.41) is 5.04. The second kappa shape index (κ2) is 6.86. The maximum Gasteiger partial charge on any atom is 0.256 e. The van der Waals surface area contributed by atoms with Crippen LogP contribution in [0.2, 0.25) is 0 Å². The van der Waals surface area contributed by atoms with Crippen molar-refractivity contribution in [1.29, 1.82) is 0 Å². The molecule has 0 aliphatic heterocycles. The molecule has 124 valence electrons. The monoisotopic (exact) mass is 364 g/mol. The lowest BCUT2D eigenvalue weighted by atomic mass is 10.0. The first kappa shape index (κ1) is 16.1. The molecule has 4 aromatic rings. The molecule has 0 atom stereocenters. The molecule has 3 aromatic carbocycles. The Morgan fingerprint density at radius 3 is 2.84 bits per heavy atom. The largest absolute Gasteiger partial charge is 0.322 e. The molecule has 0 unspecified atom stereocenters. The number of carbonyl (C=O) groups is 1. The summed E-state index contributed by atoms with van der Waals surface area (Å²) >= 11 is 3.40. The van der Waals surface area contributed by atoms with E-state index in [1.165, 1.54) is 0 Å². The van der Waals surface area contributed by atoms with Crippen LogP contribution in [0, 0.1) is 0 Å². The summed E-state index contributed by atoms with van der Waals surface area (Å²) in [7, 11) is 0. The Morgan fingerprint density at radius 2 is 1.96 bits per heavy atom. The van der Waals surface area contributed by atoms with Gasteiger partial charge in [-0.1, -0.05) is 55.1 Å². The molecule has 25 heavy (non-hydrogen) atoms. The van der Waals surface area contributed by atoms with E-state index in [-0.39, 0.29) is 5.91 Å². The number of amides is 1. The zero-order valence-corrected chi connectivity index (χ0v) is 15.3. The van der Waals surface area contributed by atoms with E-state index < -0.39 is 0 Å². The minimum atomic E-state index is -0.0937. The van der Waals surface area contributed by atoms with E-state index in [1.54, 1.807) is 23.1 Å². The molecule has 0 saturated carbocycles. The normalized spacial score (nSPS) is 11.1. The molecule has 1 N–H and O–H groups in total. The summed E-state index contributed by atoms with van der Waals surface area (Å²) in [6.45, 7) is 2.12. The third-order valence-corrected chi connectivity index (χ3v) is 5.97. The van der Waals surface area contributed by atoms with Crippen molar-refractivity contribution in [2.24, 2.45) is 0 Å². The number of aromatic nitrogens is 1. The lowest BCUT2D eigenvalue weighted by Crippen LogP contribution is -2.12. The summed E-state index contributed by atoms with van der Waals surface area (Å²) in [5.41, 5.74) is 2.45. The van der Waals surface area contributed by atoms with Crippen molar-refractivity contribution in [1.82, 2.24) is 4.98 Å². The molecule has 3 nitrogen and oxygen atoms in total. The molecule has 0 fully saturated rings. The van der Waals surface area contributed by atoms with Crippen molar-refractivity contribution in [3.63, 3.8) is 0 Å². The van der Waals surface area contributed by atoms with Crippen LogP contribution in [0.5, 0.6) is 0 Å². The fraction of sp³-hybridized carbons (Fsp3) is 0.100. The SMILES string of the molecule is CCSc1nc2ccc(NC(=O)c3cccc4ccccc34)cc2s1. The molecule has 1 heterocycles. The lowest BCUT2D eigenvalue weighted by Gasteiger charge is -2.08. The molecule has 4 rings (SSSR count). The first-order chi connectivity index (χ1) is 12.2. The molecular weight excluding hydrogens is 348 g/mol. The molecule has 0 radical (unpaired) electrons. The maximum atomic E-state index is 12.7. The van der Waals surface area contributed by atoms with E-state index in [9.17, 15) is 4.79 Å². The quantitative estimate of drug-likeness (QED) is 0.464. The highest BCUT2D eigenvalue weighted by atomic mass is 32.2. The van der Waals surface area contributed by atoms with Gasteiger partial charge in [0, 0.05) is 11.3 Å².